The molecule has 0 aromatic heterocycles. The number of piperazine rings is 1. The first-order valence-electron chi connectivity index (χ1n) is 9.33. The number of hydrogen-bond donors (Lipinski definition) is 1. The lowest BCUT2D eigenvalue weighted by molar-refractivity contribution is -0.416. The second kappa shape index (κ2) is 8.32. The minimum absolute atomic E-state index is 0.0800. The zero-order chi connectivity index (χ0) is 18.7. The standard InChI is InChI=1S/C19H37N3O2/c1-13(2)17(20)18(24)21-8-9-22(15(4)12-21)16(23)10-14(3)11-19(5,6)7/h13-15,17H,8-12,20H2,1-7H3/p+1/t14-,15-,17-/m1/s1. The molecular weight excluding hydrogens is 302 g/mol. The van der Waals surface area contributed by atoms with E-state index in [4.69, 9.17) is 0 Å². The molecule has 1 aliphatic heterocycles. The van der Waals surface area contributed by atoms with E-state index in [9.17, 15) is 9.59 Å². The van der Waals surface area contributed by atoms with Crippen molar-refractivity contribution in [3.63, 3.8) is 0 Å². The second-order valence-electron chi connectivity index (χ2n) is 9.14. The molecule has 5 heteroatoms. The second-order valence-corrected chi connectivity index (χ2v) is 9.14. The summed E-state index contributed by atoms with van der Waals surface area (Å²) in [5.41, 5.74) is 4.24. The van der Waals surface area contributed by atoms with Crippen molar-refractivity contribution in [3.05, 3.63) is 0 Å². The van der Waals surface area contributed by atoms with Crippen LogP contribution in [-0.4, -0.2) is 53.3 Å². The van der Waals surface area contributed by atoms with E-state index in [1.807, 2.05) is 30.6 Å². The number of hydrogen-bond acceptors (Lipinski definition) is 2. The van der Waals surface area contributed by atoms with E-state index in [0.717, 1.165) is 6.42 Å². The normalized spacial score (nSPS) is 21.8. The van der Waals surface area contributed by atoms with Gasteiger partial charge in [0.05, 0.1) is 0 Å². The summed E-state index contributed by atoms with van der Waals surface area (Å²) in [7, 11) is 0. The first kappa shape index (κ1) is 20.9. The van der Waals surface area contributed by atoms with Crippen molar-refractivity contribution in [1.82, 2.24) is 9.80 Å². The highest BCUT2D eigenvalue weighted by Crippen LogP contribution is 2.27. The Kier molecular flexibility index (Phi) is 7.26. The summed E-state index contributed by atoms with van der Waals surface area (Å²) < 4.78 is 0. The molecule has 1 heterocycles. The fraction of sp³-hybridized carbons (Fsp3) is 0.895. The zero-order valence-electron chi connectivity index (χ0n) is 16.8. The van der Waals surface area contributed by atoms with Crippen molar-refractivity contribution in [1.29, 1.82) is 0 Å². The van der Waals surface area contributed by atoms with Crippen LogP contribution in [0.4, 0.5) is 0 Å². The van der Waals surface area contributed by atoms with Crippen molar-refractivity contribution < 1.29 is 15.3 Å². The Hall–Kier alpha value is -1.10. The van der Waals surface area contributed by atoms with Gasteiger partial charge >= 0.3 is 0 Å². The van der Waals surface area contributed by atoms with Crippen LogP contribution in [0.3, 0.4) is 0 Å². The van der Waals surface area contributed by atoms with Crippen LogP contribution in [0, 0.1) is 17.3 Å². The molecule has 0 spiro atoms. The molecule has 0 aromatic carbocycles. The predicted octanol–water partition coefficient (Wildman–Crippen LogP) is 1.77. The van der Waals surface area contributed by atoms with Crippen LogP contribution in [-0.2, 0) is 9.59 Å². The first-order chi connectivity index (χ1) is 10.9. The van der Waals surface area contributed by atoms with E-state index in [-0.39, 0.29) is 35.2 Å². The smallest absolute Gasteiger partial charge is 0.281 e. The van der Waals surface area contributed by atoms with E-state index in [1.165, 1.54) is 0 Å². The van der Waals surface area contributed by atoms with Gasteiger partial charge in [-0.15, -0.1) is 0 Å². The molecule has 0 aliphatic carbocycles. The Bertz CT molecular complexity index is 442. The molecule has 140 valence electrons. The van der Waals surface area contributed by atoms with Crippen molar-refractivity contribution in [2.24, 2.45) is 17.3 Å². The van der Waals surface area contributed by atoms with Gasteiger partial charge in [-0.2, -0.15) is 0 Å². The molecule has 24 heavy (non-hydrogen) atoms. The summed E-state index contributed by atoms with van der Waals surface area (Å²) in [6.45, 7) is 16.8. The zero-order valence-corrected chi connectivity index (χ0v) is 16.8. The quantitative estimate of drug-likeness (QED) is 0.829. The largest absolute Gasteiger partial charge is 0.347 e. The van der Waals surface area contributed by atoms with Gasteiger partial charge in [0.15, 0.2) is 6.04 Å². The highest BCUT2D eigenvalue weighted by Gasteiger charge is 2.34. The minimum Gasteiger partial charge on any atom is -0.347 e. The third kappa shape index (κ3) is 6.08. The number of nitrogens with zero attached hydrogens (tertiary/aromatic N) is 2. The molecule has 0 unspecified atom stereocenters. The lowest BCUT2D eigenvalue weighted by atomic mass is 9.84. The predicted molar refractivity (Wildman–Crippen MR) is 97.1 cm³/mol. The molecule has 5 nitrogen and oxygen atoms in total. The van der Waals surface area contributed by atoms with Crippen LogP contribution >= 0.6 is 0 Å². The Morgan fingerprint density at radius 3 is 2.21 bits per heavy atom. The van der Waals surface area contributed by atoms with Gasteiger partial charge in [-0.25, -0.2) is 0 Å². The van der Waals surface area contributed by atoms with Crippen LogP contribution in [0.15, 0.2) is 0 Å². The average molecular weight is 341 g/mol. The molecule has 0 radical (unpaired) electrons. The molecular formula is C19H38N3O2+. The molecule has 0 bridgehead atoms. The van der Waals surface area contributed by atoms with E-state index in [2.05, 4.69) is 33.4 Å². The molecule has 1 fully saturated rings. The molecule has 2 amide bonds. The Morgan fingerprint density at radius 2 is 1.75 bits per heavy atom. The van der Waals surface area contributed by atoms with Gasteiger partial charge in [0.25, 0.3) is 5.91 Å². The molecule has 3 atom stereocenters. The van der Waals surface area contributed by atoms with E-state index in [0.29, 0.717) is 32.0 Å². The fourth-order valence-corrected chi connectivity index (χ4v) is 3.58. The Labute approximate surface area is 147 Å². The van der Waals surface area contributed by atoms with Crippen LogP contribution in [0.25, 0.3) is 0 Å². The maximum atomic E-state index is 12.6. The number of amides is 2. The van der Waals surface area contributed by atoms with Gasteiger partial charge in [0.1, 0.15) is 0 Å². The van der Waals surface area contributed by atoms with Gasteiger partial charge in [-0.3, -0.25) is 9.59 Å². The maximum Gasteiger partial charge on any atom is 0.281 e. The van der Waals surface area contributed by atoms with E-state index in [1.54, 1.807) is 0 Å². The fourth-order valence-electron chi connectivity index (χ4n) is 3.58. The monoisotopic (exact) mass is 340 g/mol. The topological polar surface area (TPSA) is 68.3 Å². The summed E-state index contributed by atoms with van der Waals surface area (Å²) in [6.07, 6.45) is 1.64. The van der Waals surface area contributed by atoms with Crippen molar-refractivity contribution in [2.75, 3.05) is 19.6 Å². The summed E-state index contributed by atoms with van der Waals surface area (Å²) >= 11 is 0. The van der Waals surface area contributed by atoms with Crippen LogP contribution in [0.2, 0.25) is 0 Å². The molecule has 0 saturated carbocycles. The van der Waals surface area contributed by atoms with Gasteiger partial charge in [-0.1, -0.05) is 41.5 Å². The lowest BCUT2D eigenvalue weighted by Gasteiger charge is -2.41. The number of carbonyl (C=O) groups is 2. The van der Waals surface area contributed by atoms with Crippen molar-refractivity contribution in [3.8, 4) is 0 Å². The average Bonchev–Trinajstić information content (AvgIpc) is 2.42. The van der Waals surface area contributed by atoms with E-state index < -0.39 is 0 Å². The van der Waals surface area contributed by atoms with Crippen molar-refractivity contribution >= 4 is 11.8 Å². The van der Waals surface area contributed by atoms with Gasteiger partial charge < -0.3 is 15.5 Å². The van der Waals surface area contributed by atoms with Crippen LogP contribution in [0.5, 0.6) is 0 Å². The SMILES string of the molecule is CC(C)[C@@H]([NH3+])C(=O)N1CCN(C(=O)C[C@@H](C)CC(C)(C)C)[C@H](C)C1. The summed E-state index contributed by atoms with van der Waals surface area (Å²) in [6, 6.07) is -0.123. The van der Waals surface area contributed by atoms with Crippen LogP contribution in [0.1, 0.15) is 61.3 Å². The summed E-state index contributed by atoms with van der Waals surface area (Å²) in [4.78, 5) is 28.9. The molecule has 1 aliphatic rings. The van der Waals surface area contributed by atoms with Gasteiger partial charge in [-0.05, 0) is 24.7 Å². The maximum absolute atomic E-state index is 12.6. The minimum atomic E-state index is -0.203. The number of carbonyl (C=O) groups excluding carboxylic acids is 2. The third-order valence-corrected chi connectivity index (χ3v) is 4.87. The van der Waals surface area contributed by atoms with E-state index >= 15 is 0 Å². The van der Waals surface area contributed by atoms with Gasteiger partial charge in [0.2, 0.25) is 5.91 Å². The number of quaternary nitrogens is 1. The molecule has 1 saturated heterocycles. The Balaban J connectivity index is 2.57. The molecule has 1 rings (SSSR count). The molecule has 3 N–H and O–H groups in total. The van der Waals surface area contributed by atoms with Gasteiger partial charge in [0, 0.05) is 38.0 Å². The summed E-state index contributed by atoms with van der Waals surface area (Å²) in [5.74, 6) is 0.965. The van der Waals surface area contributed by atoms with Crippen LogP contribution < -0.4 is 5.73 Å². The summed E-state index contributed by atoms with van der Waals surface area (Å²) in [5, 5.41) is 0. The number of rotatable bonds is 5. The highest BCUT2D eigenvalue weighted by molar-refractivity contribution is 5.81. The third-order valence-electron chi connectivity index (χ3n) is 4.87. The Morgan fingerprint density at radius 1 is 1.17 bits per heavy atom. The lowest BCUT2D eigenvalue weighted by Crippen LogP contribution is -2.71. The highest BCUT2D eigenvalue weighted by atomic mass is 16.2. The van der Waals surface area contributed by atoms with Crippen molar-refractivity contribution in [2.45, 2.75) is 73.4 Å². The first-order valence-corrected chi connectivity index (χ1v) is 9.33. The molecule has 0 aromatic rings.